The standard InChI is InChI=1S/C21H23N3O4S3/c25-30(26,23-13-3-4-14-23)16-9-11-17(12-10-16)31(27,28)24-15-5-7-19(24)21-22-18-6-1-2-8-20(18)29-21/h1-2,6,8-12,19H,3-5,7,13-15H2/t19-/m0/s1. The summed E-state index contributed by atoms with van der Waals surface area (Å²) < 4.78 is 56.3. The highest BCUT2D eigenvalue weighted by molar-refractivity contribution is 7.89. The monoisotopic (exact) mass is 477 g/mol. The van der Waals surface area contributed by atoms with Crippen LogP contribution < -0.4 is 0 Å². The lowest BCUT2D eigenvalue weighted by Crippen LogP contribution is -2.31. The molecule has 0 amide bonds. The van der Waals surface area contributed by atoms with Crippen molar-refractivity contribution in [3.63, 3.8) is 0 Å². The van der Waals surface area contributed by atoms with E-state index in [1.165, 1.54) is 44.2 Å². The van der Waals surface area contributed by atoms with E-state index >= 15 is 0 Å². The van der Waals surface area contributed by atoms with Crippen molar-refractivity contribution in [1.29, 1.82) is 0 Å². The average Bonchev–Trinajstić information content (AvgIpc) is 3.53. The van der Waals surface area contributed by atoms with Crippen molar-refractivity contribution in [3.8, 4) is 0 Å². The van der Waals surface area contributed by atoms with Crippen molar-refractivity contribution in [3.05, 3.63) is 53.5 Å². The van der Waals surface area contributed by atoms with Gasteiger partial charge in [0.05, 0.1) is 26.0 Å². The molecule has 1 atom stereocenters. The Morgan fingerprint density at radius 3 is 2.13 bits per heavy atom. The van der Waals surface area contributed by atoms with Crippen molar-refractivity contribution < 1.29 is 16.8 Å². The Labute approximate surface area is 186 Å². The highest BCUT2D eigenvalue weighted by atomic mass is 32.2. The molecule has 5 rings (SSSR count). The zero-order valence-electron chi connectivity index (χ0n) is 16.8. The molecule has 0 spiro atoms. The fourth-order valence-electron chi connectivity index (χ4n) is 4.30. The van der Waals surface area contributed by atoms with E-state index in [0.717, 1.165) is 40.9 Å². The summed E-state index contributed by atoms with van der Waals surface area (Å²) in [4.78, 5) is 4.92. The molecule has 1 aromatic heterocycles. The number of hydrogen-bond donors (Lipinski definition) is 0. The lowest BCUT2D eigenvalue weighted by atomic mass is 10.2. The second kappa shape index (κ2) is 7.93. The van der Waals surface area contributed by atoms with E-state index in [4.69, 9.17) is 0 Å². The zero-order chi connectivity index (χ0) is 21.6. The van der Waals surface area contributed by atoms with Gasteiger partial charge in [0, 0.05) is 19.6 Å². The largest absolute Gasteiger partial charge is 0.243 e. The molecule has 164 valence electrons. The Kier molecular flexibility index (Phi) is 5.38. The Bertz CT molecular complexity index is 1280. The molecule has 3 aromatic rings. The number of nitrogens with zero attached hydrogens (tertiary/aromatic N) is 3. The molecule has 2 aliphatic heterocycles. The first kappa shape index (κ1) is 21.0. The summed E-state index contributed by atoms with van der Waals surface area (Å²) in [6.07, 6.45) is 3.20. The fourth-order valence-corrected chi connectivity index (χ4v) is 8.66. The lowest BCUT2D eigenvalue weighted by Gasteiger charge is -2.23. The highest BCUT2D eigenvalue weighted by Crippen LogP contribution is 2.39. The SMILES string of the molecule is O=S(=O)(c1ccc(S(=O)(=O)N2CCC[C@H]2c2nc3ccccc3s2)cc1)N1CCCC1. The Balaban J connectivity index is 1.44. The van der Waals surface area contributed by atoms with Gasteiger partial charge in [-0.2, -0.15) is 8.61 Å². The summed E-state index contributed by atoms with van der Waals surface area (Å²) in [7, 11) is -7.34. The van der Waals surface area contributed by atoms with Crippen molar-refractivity contribution in [2.45, 2.75) is 41.5 Å². The van der Waals surface area contributed by atoms with Gasteiger partial charge in [0.2, 0.25) is 20.0 Å². The van der Waals surface area contributed by atoms with Crippen LogP contribution in [-0.2, 0) is 20.0 Å². The van der Waals surface area contributed by atoms with E-state index in [1.807, 2.05) is 24.3 Å². The zero-order valence-corrected chi connectivity index (χ0v) is 19.3. The minimum atomic E-state index is -3.76. The van der Waals surface area contributed by atoms with Crippen LogP contribution in [0, 0.1) is 0 Å². The molecule has 2 aromatic carbocycles. The second-order valence-electron chi connectivity index (χ2n) is 7.88. The molecule has 3 heterocycles. The van der Waals surface area contributed by atoms with Gasteiger partial charge >= 0.3 is 0 Å². The van der Waals surface area contributed by atoms with Crippen LogP contribution in [0.4, 0.5) is 0 Å². The molecule has 2 aliphatic rings. The van der Waals surface area contributed by atoms with E-state index in [0.29, 0.717) is 19.6 Å². The van der Waals surface area contributed by atoms with Crippen molar-refractivity contribution in [1.82, 2.24) is 13.6 Å². The van der Waals surface area contributed by atoms with Crippen LogP contribution in [0.15, 0.2) is 58.3 Å². The number of thiazole rings is 1. The van der Waals surface area contributed by atoms with Gasteiger partial charge in [-0.15, -0.1) is 11.3 Å². The maximum absolute atomic E-state index is 13.4. The molecule has 10 heteroatoms. The first-order valence-corrected chi connectivity index (χ1v) is 14.0. The maximum Gasteiger partial charge on any atom is 0.243 e. The second-order valence-corrected chi connectivity index (χ2v) is 12.8. The van der Waals surface area contributed by atoms with Crippen LogP contribution in [0.5, 0.6) is 0 Å². The van der Waals surface area contributed by atoms with Crippen LogP contribution in [0.3, 0.4) is 0 Å². The van der Waals surface area contributed by atoms with Gasteiger partial charge in [-0.05, 0) is 62.1 Å². The van der Waals surface area contributed by atoms with Crippen LogP contribution in [0.2, 0.25) is 0 Å². The van der Waals surface area contributed by atoms with Crippen LogP contribution >= 0.6 is 11.3 Å². The van der Waals surface area contributed by atoms with Gasteiger partial charge in [-0.1, -0.05) is 12.1 Å². The third-order valence-corrected chi connectivity index (χ3v) is 10.9. The summed E-state index contributed by atoms with van der Waals surface area (Å²) in [5.41, 5.74) is 0.878. The summed E-state index contributed by atoms with van der Waals surface area (Å²) in [5.74, 6) is 0. The number of sulfonamides is 2. The van der Waals surface area contributed by atoms with E-state index < -0.39 is 20.0 Å². The Hall–Kier alpha value is -1.85. The van der Waals surface area contributed by atoms with Crippen molar-refractivity contribution >= 4 is 41.6 Å². The Morgan fingerprint density at radius 2 is 1.45 bits per heavy atom. The molecule has 0 bridgehead atoms. The highest BCUT2D eigenvalue weighted by Gasteiger charge is 2.38. The lowest BCUT2D eigenvalue weighted by molar-refractivity contribution is 0.396. The predicted molar refractivity (Wildman–Crippen MR) is 120 cm³/mol. The molecule has 0 unspecified atom stereocenters. The van der Waals surface area contributed by atoms with E-state index in [-0.39, 0.29) is 15.8 Å². The quantitative estimate of drug-likeness (QED) is 0.560. The molecule has 0 N–H and O–H groups in total. The topological polar surface area (TPSA) is 87.6 Å². The molecule has 31 heavy (non-hydrogen) atoms. The van der Waals surface area contributed by atoms with Crippen LogP contribution in [0.1, 0.15) is 36.7 Å². The first-order valence-electron chi connectivity index (χ1n) is 10.3. The normalized spacial score (nSPS) is 21.2. The van der Waals surface area contributed by atoms with Gasteiger partial charge < -0.3 is 0 Å². The fraction of sp³-hybridized carbons (Fsp3) is 0.381. The van der Waals surface area contributed by atoms with Gasteiger partial charge in [-0.25, -0.2) is 21.8 Å². The van der Waals surface area contributed by atoms with E-state index in [9.17, 15) is 16.8 Å². The number of fused-ring (bicyclic) bond motifs is 1. The molecule has 0 radical (unpaired) electrons. The van der Waals surface area contributed by atoms with Crippen molar-refractivity contribution in [2.24, 2.45) is 0 Å². The average molecular weight is 478 g/mol. The van der Waals surface area contributed by atoms with Gasteiger partial charge in [-0.3, -0.25) is 0 Å². The molecule has 2 fully saturated rings. The van der Waals surface area contributed by atoms with Crippen molar-refractivity contribution in [2.75, 3.05) is 19.6 Å². The van der Waals surface area contributed by atoms with Crippen LogP contribution in [-0.4, -0.2) is 50.1 Å². The smallest absolute Gasteiger partial charge is 0.239 e. The molecule has 7 nitrogen and oxygen atoms in total. The summed E-state index contributed by atoms with van der Waals surface area (Å²) in [5, 5.41) is 0.801. The third-order valence-electron chi connectivity index (χ3n) is 5.93. The number of hydrogen-bond acceptors (Lipinski definition) is 6. The third kappa shape index (κ3) is 3.70. The van der Waals surface area contributed by atoms with Gasteiger partial charge in [0.1, 0.15) is 5.01 Å². The van der Waals surface area contributed by atoms with E-state index in [2.05, 4.69) is 4.98 Å². The minimum Gasteiger partial charge on any atom is -0.239 e. The minimum absolute atomic E-state index is 0.112. The number of para-hydroxylation sites is 1. The molecule has 0 saturated carbocycles. The molecular weight excluding hydrogens is 454 g/mol. The molecule has 0 aliphatic carbocycles. The number of benzene rings is 2. The number of aromatic nitrogens is 1. The summed E-state index contributed by atoms with van der Waals surface area (Å²) >= 11 is 1.53. The summed E-state index contributed by atoms with van der Waals surface area (Å²) in [6.45, 7) is 1.46. The number of rotatable bonds is 5. The maximum atomic E-state index is 13.4. The van der Waals surface area contributed by atoms with E-state index in [1.54, 1.807) is 0 Å². The molecule has 2 saturated heterocycles. The predicted octanol–water partition coefficient (Wildman–Crippen LogP) is 3.61. The van der Waals surface area contributed by atoms with Gasteiger partial charge in [0.25, 0.3) is 0 Å². The molecular formula is C21H23N3O4S3. The Morgan fingerprint density at radius 1 is 0.806 bits per heavy atom. The van der Waals surface area contributed by atoms with Gasteiger partial charge in [0.15, 0.2) is 0 Å². The van der Waals surface area contributed by atoms with Crippen LogP contribution in [0.25, 0.3) is 10.2 Å². The summed E-state index contributed by atoms with van der Waals surface area (Å²) in [6, 6.07) is 13.1. The first-order chi connectivity index (χ1) is 14.9.